The second-order valence-corrected chi connectivity index (χ2v) is 4.50. The monoisotopic (exact) mass is 269 g/mol. The highest BCUT2D eigenvalue weighted by Gasteiger charge is 2.05. The molecule has 0 aliphatic rings. The van der Waals surface area contributed by atoms with E-state index in [-0.39, 0.29) is 18.6 Å². The second kappa shape index (κ2) is 8.60. The van der Waals surface area contributed by atoms with Crippen molar-refractivity contribution in [2.24, 2.45) is 0 Å². The quantitative estimate of drug-likeness (QED) is 0.534. The van der Waals surface area contributed by atoms with Gasteiger partial charge in [0.1, 0.15) is 0 Å². The van der Waals surface area contributed by atoms with Crippen LogP contribution in [0.2, 0.25) is 0 Å². The molecule has 0 fully saturated rings. The summed E-state index contributed by atoms with van der Waals surface area (Å²) in [6.45, 7) is 5.71. The van der Waals surface area contributed by atoms with Crippen molar-refractivity contribution in [1.82, 2.24) is 25.6 Å². The van der Waals surface area contributed by atoms with E-state index in [1.54, 1.807) is 10.9 Å². The van der Waals surface area contributed by atoms with Crippen LogP contribution in [-0.2, 0) is 17.9 Å². The van der Waals surface area contributed by atoms with Gasteiger partial charge in [-0.2, -0.15) is 0 Å². The lowest BCUT2D eigenvalue weighted by molar-refractivity contribution is -0.121. The molecular weight excluding hydrogens is 246 g/mol. The van der Waals surface area contributed by atoms with Crippen LogP contribution in [0.1, 0.15) is 32.4 Å². The van der Waals surface area contributed by atoms with E-state index in [1.165, 1.54) is 0 Å². The van der Waals surface area contributed by atoms with Crippen molar-refractivity contribution in [3.8, 4) is 0 Å². The summed E-state index contributed by atoms with van der Waals surface area (Å²) in [4.78, 5) is 11.5. The zero-order valence-corrected chi connectivity index (χ0v) is 11.6. The van der Waals surface area contributed by atoms with E-state index in [1.807, 2.05) is 13.8 Å². The molecule has 0 radical (unpaired) electrons. The first-order valence-electron chi connectivity index (χ1n) is 6.65. The smallest absolute Gasteiger partial charge is 0.221 e. The molecule has 0 aliphatic carbocycles. The highest BCUT2D eigenvalue weighted by atomic mass is 16.3. The molecule has 0 saturated carbocycles. The molecule has 1 unspecified atom stereocenters. The number of nitrogens with zero attached hydrogens (tertiary/aromatic N) is 3. The molecule has 19 heavy (non-hydrogen) atoms. The molecule has 3 N–H and O–H groups in total. The molecule has 108 valence electrons. The van der Waals surface area contributed by atoms with Crippen LogP contribution in [0.15, 0.2) is 6.20 Å². The molecule has 1 heterocycles. The summed E-state index contributed by atoms with van der Waals surface area (Å²) in [5.74, 6) is 0.0609. The number of rotatable bonds is 9. The first-order valence-corrected chi connectivity index (χ1v) is 6.65. The lowest BCUT2D eigenvalue weighted by atomic mass is 10.2. The van der Waals surface area contributed by atoms with Crippen LogP contribution in [0.4, 0.5) is 0 Å². The number of aliphatic hydroxyl groups excluding tert-OH is 1. The molecule has 0 saturated heterocycles. The summed E-state index contributed by atoms with van der Waals surface area (Å²) in [7, 11) is 0. The molecule has 0 bridgehead atoms. The van der Waals surface area contributed by atoms with Crippen molar-refractivity contribution in [3.05, 3.63) is 11.9 Å². The molecule has 7 nitrogen and oxygen atoms in total. The maximum atomic E-state index is 11.5. The van der Waals surface area contributed by atoms with Crippen molar-refractivity contribution >= 4 is 5.91 Å². The van der Waals surface area contributed by atoms with Gasteiger partial charge < -0.3 is 15.7 Å². The Hall–Kier alpha value is -1.47. The number of hydrogen-bond donors (Lipinski definition) is 3. The molecular formula is C12H23N5O2. The van der Waals surface area contributed by atoms with Gasteiger partial charge in [-0.3, -0.25) is 4.79 Å². The van der Waals surface area contributed by atoms with Gasteiger partial charge in [-0.05, 0) is 13.3 Å². The normalized spacial score (nSPS) is 12.4. The van der Waals surface area contributed by atoms with Gasteiger partial charge in [0.2, 0.25) is 5.91 Å². The van der Waals surface area contributed by atoms with Crippen LogP contribution in [-0.4, -0.2) is 45.2 Å². The molecule has 1 amide bonds. The number of carbonyl (C=O) groups excluding carboxylic acids is 1. The Morgan fingerprint density at radius 3 is 3.05 bits per heavy atom. The number of aliphatic hydroxyl groups is 1. The Labute approximate surface area is 113 Å². The molecule has 1 aromatic heterocycles. The average Bonchev–Trinajstić information content (AvgIpc) is 2.83. The molecule has 1 aromatic rings. The molecule has 0 spiro atoms. The highest BCUT2D eigenvalue weighted by Crippen LogP contribution is 1.93. The van der Waals surface area contributed by atoms with Crippen LogP contribution in [0.25, 0.3) is 0 Å². The van der Waals surface area contributed by atoms with Crippen LogP contribution < -0.4 is 10.6 Å². The fourth-order valence-corrected chi connectivity index (χ4v) is 1.50. The second-order valence-electron chi connectivity index (χ2n) is 4.50. The maximum Gasteiger partial charge on any atom is 0.221 e. The van der Waals surface area contributed by atoms with Crippen LogP contribution in [0.3, 0.4) is 0 Å². The van der Waals surface area contributed by atoms with Gasteiger partial charge in [0.15, 0.2) is 0 Å². The Balaban J connectivity index is 2.14. The van der Waals surface area contributed by atoms with E-state index < -0.39 is 0 Å². The summed E-state index contributed by atoms with van der Waals surface area (Å²) in [6.07, 6.45) is 3.17. The number of hydrogen-bond acceptors (Lipinski definition) is 5. The molecule has 0 aromatic carbocycles. The third-order valence-electron chi connectivity index (χ3n) is 2.77. The number of amides is 1. The maximum absolute atomic E-state index is 11.5. The highest BCUT2D eigenvalue weighted by molar-refractivity contribution is 5.76. The molecule has 7 heteroatoms. The fraction of sp³-hybridized carbons (Fsp3) is 0.750. The average molecular weight is 269 g/mol. The summed E-state index contributed by atoms with van der Waals surface area (Å²) in [5, 5.41) is 22.6. The fourth-order valence-electron chi connectivity index (χ4n) is 1.50. The van der Waals surface area contributed by atoms with E-state index in [4.69, 9.17) is 5.11 Å². The summed E-state index contributed by atoms with van der Waals surface area (Å²) in [5.41, 5.74) is 0.802. The lowest BCUT2D eigenvalue weighted by Crippen LogP contribution is -2.33. The Kier molecular flexibility index (Phi) is 7.06. The van der Waals surface area contributed by atoms with E-state index in [9.17, 15) is 4.79 Å². The number of aromatic nitrogens is 3. The van der Waals surface area contributed by atoms with Crippen LogP contribution >= 0.6 is 0 Å². The third-order valence-corrected chi connectivity index (χ3v) is 2.77. The van der Waals surface area contributed by atoms with Crippen molar-refractivity contribution in [2.45, 2.75) is 45.8 Å². The van der Waals surface area contributed by atoms with E-state index in [0.717, 1.165) is 12.1 Å². The SMILES string of the molecule is CCC(C)NC(=O)CCNCc1cn(CCO)nn1. The minimum Gasteiger partial charge on any atom is -0.394 e. The van der Waals surface area contributed by atoms with Gasteiger partial charge >= 0.3 is 0 Å². The molecule has 1 rings (SSSR count). The number of nitrogens with one attached hydrogen (secondary N) is 2. The van der Waals surface area contributed by atoms with Gasteiger partial charge in [0.05, 0.1) is 18.8 Å². The van der Waals surface area contributed by atoms with Crippen LogP contribution in [0, 0.1) is 0 Å². The van der Waals surface area contributed by atoms with Gasteiger partial charge in [0, 0.05) is 31.7 Å². The minimum atomic E-state index is 0.0476. The minimum absolute atomic E-state index is 0.0476. The molecule has 0 aliphatic heterocycles. The van der Waals surface area contributed by atoms with Crippen molar-refractivity contribution in [1.29, 1.82) is 0 Å². The summed E-state index contributed by atoms with van der Waals surface area (Å²) >= 11 is 0. The van der Waals surface area contributed by atoms with Gasteiger partial charge in [0.25, 0.3) is 0 Å². The number of carbonyl (C=O) groups is 1. The van der Waals surface area contributed by atoms with Gasteiger partial charge in [-0.1, -0.05) is 12.1 Å². The van der Waals surface area contributed by atoms with Crippen molar-refractivity contribution in [3.63, 3.8) is 0 Å². The van der Waals surface area contributed by atoms with E-state index >= 15 is 0 Å². The van der Waals surface area contributed by atoms with Crippen LogP contribution in [0.5, 0.6) is 0 Å². The lowest BCUT2D eigenvalue weighted by Gasteiger charge is -2.11. The van der Waals surface area contributed by atoms with Gasteiger partial charge in [-0.25, -0.2) is 4.68 Å². The summed E-state index contributed by atoms with van der Waals surface area (Å²) in [6, 6.07) is 0.228. The van der Waals surface area contributed by atoms with Crippen molar-refractivity contribution in [2.75, 3.05) is 13.2 Å². The standard InChI is InChI=1S/C12H23N5O2/c1-3-10(2)14-12(19)4-5-13-8-11-9-17(6-7-18)16-15-11/h9-10,13,18H,3-8H2,1-2H3,(H,14,19). The van der Waals surface area contributed by atoms with Crippen molar-refractivity contribution < 1.29 is 9.90 Å². The predicted molar refractivity (Wildman–Crippen MR) is 71.3 cm³/mol. The van der Waals surface area contributed by atoms with E-state index in [2.05, 4.69) is 20.9 Å². The summed E-state index contributed by atoms with van der Waals surface area (Å²) < 4.78 is 1.59. The predicted octanol–water partition coefficient (Wildman–Crippen LogP) is -0.335. The Bertz CT molecular complexity index is 380. The zero-order chi connectivity index (χ0) is 14.1. The Morgan fingerprint density at radius 2 is 2.37 bits per heavy atom. The largest absolute Gasteiger partial charge is 0.394 e. The zero-order valence-electron chi connectivity index (χ0n) is 11.6. The topological polar surface area (TPSA) is 92.1 Å². The van der Waals surface area contributed by atoms with E-state index in [0.29, 0.717) is 26.1 Å². The molecule has 1 atom stereocenters. The first kappa shape index (κ1) is 15.6. The first-order chi connectivity index (χ1) is 9.15. The Morgan fingerprint density at radius 1 is 1.58 bits per heavy atom. The van der Waals surface area contributed by atoms with Gasteiger partial charge in [-0.15, -0.1) is 5.10 Å². The third kappa shape index (κ3) is 6.30.